The SMILES string of the molecule is O=C(CCC(=O)c1ccccc1)Nc1n[nH]c2c1CN(CCc1ccccc1)C2. The molecule has 6 nitrogen and oxygen atoms in total. The van der Waals surface area contributed by atoms with Crippen LogP contribution in [0, 0.1) is 0 Å². The van der Waals surface area contributed by atoms with Crippen LogP contribution < -0.4 is 5.32 Å². The van der Waals surface area contributed by atoms with Crippen molar-refractivity contribution in [3.63, 3.8) is 0 Å². The second-order valence-electron chi connectivity index (χ2n) is 7.31. The summed E-state index contributed by atoms with van der Waals surface area (Å²) >= 11 is 0. The van der Waals surface area contributed by atoms with Crippen LogP contribution >= 0.6 is 0 Å². The number of carbonyl (C=O) groups excluding carboxylic acids is 2. The number of aromatic nitrogens is 2. The number of Topliss-reactive ketones (excluding diaryl/α,β-unsaturated/α-hetero) is 1. The molecule has 1 aromatic heterocycles. The third kappa shape index (κ3) is 4.78. The molecule has 0 radical (unpaired) electrons. The number of hydrogen-bond donors (Lipinski definition) is 2. The number of benzene rings is 2. The lowest BCUT2D eigenvalue weighted by molar-refractivity contribution is -0.116. The third-order valence-corrected chi connectivity index (χ3v) is 5.21. The molecule has 1 aliphatic rings. The molecule has 0 fully saturated rings. The Morgan fingerprint density at radius 3 is 2.45 bits per heavy atom. The van der Waals surface area contributed by atoms with Crippen molar-refractivity contribution < 1.29 is 9.59 Å². The van der Waals surface area contributed by atoms with E-state index in [-0.39, 0.29) is 24.5 Å². The van der Waals surface area contributed by atoms with Gasteiger partial charge in [-0.2, -0.15) is 5.10 Å². The number of rotatable bonds is 8. The Labute approximate surface area is 169 Å². The summed E-state index contributed by atoms with van der Waals surface area (Å²) in [6, 6.07) is 19.5. The van der Waals surface area contributed by atoms with Crippen LogP contribution in [0.15, 0.2) is 60.7 Å². The molecule has 0 spiro atoms. The number of fused-ring (bicyclic) bond motifs is 1. The molecule has 3 aromatic rings. The summed E-state index contributed by atoms with van der Waals surface area (Å²) in [6.07, 6.45) is 1.32. The zero-order chi connectivity index (χ0) is 20.1. The van der Waals surface area contributed by atoms with Gasteiger partial charge in [-0.15, -0.1) is 0 Å². The molecular formula is C23H24N4O2. The number of H-pyrrole nitrogens is 1. The van der Waals surface area contributed by atoms with Gasteiger partial charge in [0.1, 0.15) is 0 Å². The highest BCUT2D eigenvalue weighted by Crippen LogP contribution is 2.27. The lowest BCUT2D eigenvalue weighted by Gasteiger charge is -2.15. The van der Waals surface area contributed by atoms with E-state index in [1.54, 1.807) is 12.1 Å². The van der Waals surface area contributed by atoms with Crippen LogP contribution in [0.25, 0.3) is 0 Å². The number of ketones is 1. The minimum absolute atomic E-state index is 0.0277. The molecular weight excluding hydrogens is 364 g/mol. The summed E-state index contributed by atoms with van der Waals surface area (Å²) in [4.78, 5) is 26.8. The number of hydrogen-bond acceptors (Lipinski definition) is 4. The van der Waals surface area contributed by atoms with Gasteiger partial charge in [0.05, 0.1) is 5.69 Å². The van der Waals surface area contributed by atoms with Crippen molar-refractivity contribution in [3.8, 4) is 0 Å². The summed E-state index contributed by atoms with van der Waals surface area (Å²) in [5.74, 6) is 0.366. The van der Waals surface area contributed by atoms with E-state index in [9.17, 15) is 9.59 Å². The summed E-state index contributed by atoms with van der Waals surface area (Å²) in [5, 5.41) is 10.1. The molecule has 148 valence electrons. The van der Waals surface area contributed by atoms with E-state index in [1.807, 2.05) is 24.3 Å². The standard InChI is InChI=1S/C23H24N4O2/c28-21(18-9-5-2-6-10-18)11-12-22(29)24-23-19-15-27(16-20(19)25-26-23)14-13-17-7-3-1-4-8-17/h1-10H,11-16H2,(H2,24,25,26,29). The average molecular weight is 388 g/mol. The molecule has 2 N–H and O–H groups in total. The van der Waals surface area contributed by atoms with Crippen molar-refractivity contribution in [1.82, 2.24) is 15.1 Å². The van der Waals surface area contributed by atoms with Gasteiger partial charge in [-0.05, 0) is 12.0 Å². The van der Waals surface area contributed by atoms with E-state index in [4.69, 9.17) is 0 Å². The van der Waals surface area contributed by atoms with Crippen LogP contribution in [0.4, 0.5) is 5.82 Å². The lowest BCUT2D eigenvalue weighted by Crippen LogP contribution is -2.21. The van der Waals surface area contributed by atoms with E-state index >= 15 is 0 Å². The van der Waals surface area contributed by atoms with Crippen LogP contribution in [0.3, 0.4) is 0 Å². The fraction of sp³-hybridized carbons (Fsp3) is 0.261. The van der Waals surface area contributed by atoms with Crippen LogP contribution in [0.2, 0.25) is 0 Å². The first-order valence-electron chi connectivity index (χ1n) is 9.89. The summed E-state index contributed by atoms with van der Waals surface area (Å²) in [5.41, 5.74) is 4.04. The highest BCUT2D eigenvalue weighted by atomic mass is 16.2. The number of aromatic amines is 1. The van der Waals surface area contributed by atoms with E-state index < -0.39 is 0 Å². The monoisotopic (exact) mass is 388 g/mol. The number of amides is 1. The molecule has 6 heteroatoms. The lowest BCUT2D eigenvalue weighted by atomic mass is 10.1. The highest BCUT2D eigenvalue weighted by Gasteiger charge is 2.25. The van der Waals surface area contributed by atoms with Crippen molar-refractivity contribution in [1.29, 1.82) is 0 Å². The molecule has 0 saturated heterocycles. The van der Waals surface area contributed by atoms with E-state index in [2.05, 4.69) is 44.7 Å². The zero-order valence-corrected chi connectivity index (χ0v) is 16.2. The van der Waals surface area contributed by atoms with Gasteiger partial charge in [-0.1, -0.05) is 60.7 Å². The molecule has 2 heterocycles. The second kappa shape index (κ2) is 8.84. The van der Waals surface area contributed by atoms with E-state index in [0.717, 1.165) is 37.3 Å². The van der Waals surface area contributed by atoms with Gasteiger partial charge in [0.2, 0.25) is 5.91 Å². The van der Waals surface area contributed by atoms with Crippen molar-refractivity contribution in [2.45, 2.75) is 32.4 Å². The van der Waals surface area contributed by atoms with Crippen LogP contribution in [-0.4, -0.2) is 33.3 Å². The number of anilines is 1. The van der Waals surface area contributed by atoms with Gasteiger partial charge < -0.3 is 5.32 Å². The number of nitrogens with one attached hydrogen (secondary N) is 2. The quantitative estimate of drug-likeness (QED) is 0.578. The van der Waals surface area contributed by atoms with Crippen LogP contribution in [-0.2, 0) is 24.3 Å². The van der Waals surface area contributed by atoms with E-state index in [1.165, 1.54) is 5.56 Å². The predicted molar refractivity (Wildman–Crippen MR) is 111 cm³/mol. The normalized spacial score (nSPS) is 13.2. The zero-order valence-electron chi connectivity index (χ0n) is 16.2. The Morgan fingerprint density at radius 1 is 0.966 bits per heavy atom. The molecule has 1 aliphatic heterocycles. The maximum Gasteiger partial charge on any atom is 0.226 e. The summed E-state index contributed by atoms with van der Waals surface area (Å²) in [7, 11) is 0. The molecule has 4 rings (SSSR count). The first kappa shape index (κ1) is 19.1. The second-order valence-corrected chi connectivity index (χ2v) is 7.31. The Bertz CT molecular complexity index is 983. The molecule has 0 atom stereocenters. The van der Waals surface area contributed by atoms with Gasteiger partial charge in [0, 0.05) is 43.6 Å². The maximum atomic E-state index is 12.3. The minimum Gasteiger partial charge on any atom is -0.309 e. The molecule has 1 amide bonds. The smallest absolute Gasteiger partial charge is 0.226 e. The molecule has 29 heavy (non-hydrogen) atoms. The van der Waals surface area contributed by atoms with Crippen molar-refractivity contribution in [3.05, 3.63) is 83.0 Å². The van der Waals surface area contributed by atoms with Gasteiger partial charge in [0.25, 0.3) is 0 Å². The number of carbonyl (C=O) groups is 2. The van der Waals surface area contributed by atoms with Crippen molar-refractivity contribution in [2.75, 3.05) is 11.9 Å². The van der Waals surface area contributed by atoms with E-state index in [0.29, 0.717) is 11.4 Å². The molecule has 0 unspecified atom stereocenters. The van der Waals surface area contributed by atoms with Gasteiger partial charge in [-0.25, -0.2) is 0 Å². The Morgan fingerprint density at radius 2 is 1.69 bits per heavy atom. The van der Waals surface area contributed by atoms with Crippen molar-refractivity contribution >= 4 is 17.5 Å². The largest absolute Gasteiger partial charge is 0.309 e. The molecule has 0 aliphatic carbocycles. The molecule has 0 saturated carbocycles. The van der Waals surface area contributed by atoms with Gasteiger partial charge in [-0.3, -0.25) is 19.6 Å². The Kier molecular flexibility index (Phi) is 5.81. The minimum atomic E-state index is -0.189. The Balaban J connectivity index is 1.27. The Hall–Kier alpha value is -3.25. The predicted octanol–water partition coefficient (Wildman–Crippen LogP) is 3.57. The average Bonchev–Trinajstić information content (AvgIpc) is 3.33. The first-order chi connectivity index (χ1) is 14.2. The molecule has 2 aromatic carbocycles. The molecule has 0 bridgehead atoms. The van der Waals surface area contributed by atoms with Crippen LogP contribution in [0.1, 0.15) is 40.0 Å². The third-order valence-electron chi connectivity index (χ3n) is 5.21. The maximum absolute atomic E-state index is 12.3. The number of nitrogens with zero attached hydrogens (tertiary/aromatic N) is 2. The fourth-order valence-electron chi connectivity index (χ4n) is 3.59. The fourth-order valence-corrected chi connectivity index (χ4v) is 3.59. The van der Waals surface area contributed by atoms with Crippen LogP contribution in [0.5, 0.6) is 0 Å². The summed E-state index contributed by atoms with van der Waals surface area (Å²) in [6.45, 7) is 2.51. The van der Waals surface area contributed by atoms with Crippen molar-refractivity contribution in [2.24, 2.45) is 0 Å². The van der Waals surface area contributed by atoms with Gasteiger partial charge in [0.15, 0.2) is 11.6 Å². The van der Waals surface area contributed by atoms with Gasteiger partial charge >= 0.3 is 0 Å². The topological polar surface area (TPSA) is 78.1 Å². The highest BCUT2D eigenvalue weighted by molar-refractivity contribution is 5.99. The summed E-state index contributed by atoms with van der Waals surface area (Å²) < 4.78 is 0. The first-order valence-corrected chi connectivity index (χ1v) is 9.89.